The molecule has 0 aromatic heterocycles. The van der Waals surface area contributed by atoms with Crippen LogP contribution in [0.25, 0.3) is 0 Å². The monoisotopic (exact) mass is 1250 g/mol. The van der Waals surface area contributed by atoms with Crippen LogP contribution in [-0.2, 0) is 33.2 Å². The Morgan fingerprint density at radius 3 is 1.08 bits per heavy atom. The molecule has 0 radical (unpaired) electrons. The summed E-state index contributed by atoms with van der Waals surface area (Å²) < 4.78 is 34.4. The molecule has 3 heterocycles. The summed E-state index contributed by atoms with van der Waals surface area (Å²) in [5, 5.41) is 120. The molecule has 0 saturated carbocycles. The summed E-state index contributed by atoms with van der Waals surface area (Å²) in [6, 6.07) is -0.968. The lowest BCUT2D eigenvalue weighted by atomic mass is 9.96. The largest absolute Gasteiger partial charge is 0.394 e. The number of nitrogens with one attached hydrogen (secondary N) is 1. The normalized spacial score (nSPS) is 28.6. The molecular weight excluding hydrogens is 1120 g/mol. The number of hydrogen-bond donors (Lipinski definition) is 12. The molecule has 3 aliphatic heterocycles. The Balaban J connectivity index is 1.41. The second-order valence-electron chi connectivity index (χ2n) is 25.7. The number of allylic oxidation sites excluding steroid dienone is 1. The molecule has 1 amide bonds. The van der Waals surface area contributed by atoms with Gasteiger partial charge >= 0.3 is 0 Å². The molecule has 0 bridgehead atoms. The highest BCUT2D eigenvalue weighted by Gasteiger charge is 2.53. The van der Waals surface area contributed by atoms with Crippen LogP contribution in [0, 0.1) is 0 Å². The zero-order valence-electron chi connectivity index (χ0n) is 54.3. The van der Waals surface area contributed by atoms with Crippen molar-refractivity contribution < 1.29 is 89.4 Å². The Morgan fingerprint density at radius 2 is 0.713 bits per heavy atom. The van der Waals surface area contributed by atoms with Crippen molar-refractivity contribution in [2.75, 3.05) is 26.4 Å². The zero-order chi connectivity index (χ0) is 63.3. The van der Waals surface area contributed by atoms with Gasteiger partial charge in [-0.15, -0.1) is 0 Å². The predicted octanol–water partition coefficient (Wildman–Crippen LogP) is 9.28. The molecule has 19 heteroatoms. The molecule has 87 heavy (non-hydrogen) atoms. The Kier molecular flexibility index (Phi) is 46.8. The number of hydrogen-bond acceptors (Lipinski definition) is 18. The van der Waals surface area contributed by atoms with Crippen LogP contribution in [0.4, 0.5) is 0 Å². The van der Waals surface area contributed by atoms with Crippen LogP contribution in [0.5, 0.6) is 0 Å². The average Bonchev–Trinajstić information content (AvgIpc) is 2.98. The van der Waals surface area contributed by atoms with Gasteiger partial charge < -0.3 is 89.9 Å². The van der Waals surface area contributed by atoms with Crippen molar-refractivity contribution in [1.82, 2.24) is 5.32 Å². The molecule has 0 aromatic rings. The van der Waals surface area contributed by atoms with Crippen molar-refractivity contribution >= 4 is 5.91 Å². The van der Waals surface area contributed by atoms with E-state index in [9.17, 15) is 61.0 Å². The predicted molar refractivity (Wildman–Crippen MR) is 337 cm³/mol. The van der Waals surface area contributed by atoms with Crippen molar-refractivity contribution in [2.24, 2.45) is 0 Å². The number of amides is 1. The lowest BCUT2D eigenvalue weighted by Gasteiger charge is -2.48. The fourth-order valence-corrected chi connectivity index (χ4v) is 12.3. The summed E-state index contributed by atoms with van der Waals surface area (Å²) in [5.74, 6) is -0.269. The molecule has 3 fully saturated rings. The number of ether oxygens (including phenoxy) is 6. The molecule has 17 unspecified atom stereocenters. The Morgan fingerprint density at radius 1 is 0.402 bits per heavy atom. The van der Waals surface area contributed by atoms with Crippen molar-refractivity contribution in [3.05, 3.63) is 12.2 Å². The quantitative estimate of drug-likeness (QED) is 0.0199. The zero-order valence-corrected chi connectivity index (χ0v) is 54.3. The molecule has 3 rings (SSSR count). The van der Waals surface area contributed by atoms with E-state index in [2.05, 4.69) is 19.2 Å². The highest BCUT2D eigenvalue weighted by molar-refractivity contribution is 5.76. The summed E-state index contributed by atoms with van der Waals surface area (Å²) in [6.07, 6.45) is 29.1. The first-order valence-corrected chi connectivity index (χ1v) is 35.4. The minimum atomic E-state index is -1.98. The minimum Gasteiger partial charge on any atom is -0.394 e. The van der Waals surface area contributed by atoms with E-state index in [0.717, 1.165) is 44.9 Å². The number of rotatable bonds is 55. The topological polar surface area (TPSA) is 307 Å². The molecule has 19 nitrogen and oxygen atoms in total. The molecule has 17 atom stereocenters. The third-order valence-corrected chi connectivity index (χ3v) is 18.1. The van der Waals surface area contributed by atoms with Gasteiger partial charge in [-0.05, 0) is 19.3 Å². The van der Waals surface area contributed by atoms with E-state index in [-0.39, 0.29) is 18.9 Å². The summed E-state index contributed by atoms with van der Waals surface area (Å²) in [5.41, 5.74) is 0. The number of aliphatic hydroxyl groups is 11. The van der Waals surface area contributed by atoms with Gasteiger partial charge in [0.05, 0.1) is 38.6 Å². The molecule has 0 spiro atoms. The van der Waals surface area contributed by atoms with Crippen LogP contribution in [0.3, 0.4) is 0 Å². The van der Waals surface area contributed by atoms with Gasteiger partial charge in [-0.2, -0.15) is 0 Å². The Labute approximate surface area is 525 Å². The van der Waals surface area contributed by atoms with Crippen LogP contribution in [0.1, 0.15) is 284 Å². The highest BCUT2D eigenvalue weighted by Crippen LogP contribution is 2.33. The number of carbonyl (C=O) groups is 1. The first-order chi connectivity index (χ1) is 42.3. The SMILES string of the molecule is CCCCCCCCCCCCCCCC/C=C/C(O)C(COC1OC(CO)C(OC2OC(CO)C(OC3OC(CO)C(O)C(O)C3O)C(O)C2O)C(O)C1O)NC(=O)CCCCCCCCCCCCCCCCCCCCCCCCCCCC. The van der Waals surface area contributed by atoms with Gasteiger partial charge in [0.15, 0.2) is 18.9 Å². The standard InChI is InChI=1S/C68H129NO18/c1-3-5-7-9-11-13-15-17-19-21-22-23-24-25-26-27-28-29-30-32-34-36-38-40-42-44-46-56(74)69-51(52(73)45-43-41-39-37-35-33-31-20-18-16-14-12-10-8-6-4-2)50-82-66-62(80)59(77)64(54(48-71)84-66)87-68-63(81)60(78)65(55(49-72)85-68)86-67-61(79)58(76)57(75)53(47-70)83-67/h43,45,51-55,57-68,70-73,75-81H,3-42,44,46-50H2,1-2H3,(H,69,74)/b45-43+. The molecule has 12 N–H and O–H groups in total. The lowest BCUT2D eigenvalue weighted by Crippen LogP contribution is -2.66. The molecule has 3 saturated heterocycles. The second-order valence-corrected chi connectivity index (χ2v) is 25.7. The maximum absolute atomic E-state index is 13.4. The van der Waals surface area contributed by atoms with Crippen LogP contribution >= 0.6 is 0 Å². The van der Waals surface area contributed by atoms with E-state index in [1.807, 2.05) is 6.08 Å². The van der Waals surface area contributed by atoms with Crippen LogP contribution in [-0.4, -0.2) is 193 Å². The highest BCUT2D eigenvalue weighted by atomic mass is 16.8. The third-order valence-electron chi connectivity index (χ3n) is 18.1. The lowest BCUT2D eigenvalue weighted by molar-refractivity contribution is -0.379. The summed E-state index contributed by atoms with van der Waals surface area (Å²) in [4.78, 5) is 13.4. The molecule has 0 aromatic carbocycles. The van der Waals surface area contributed by atoms with Gasteiger partial charge in [-0.25, -0.2) is 0 Å². The van der Waals surface area contributed by atoms with E-state index in [1.54, 1.807) is 6.08 Å². The van der Waals surface area contributed by atoms with E-state index < -0.39 is 124 Å². The molecule has 514 valence electrons. The van der Waals surface area contributed by atoms with Crippen molar-refractivity contribution in [1.29, 1.82) is 0 Å². The van der Waals surface area contributed by atoms with Crippen molar-refractivity contribution in [2.45, 2.75) is 388 Å². The van der Waals surface area contributed by atoms with Crippen molar-refractivity contribution in [3.8, 4) is 0 Å². The van der Waals surface area contributed by atoms with Gasteiger partial charge in [-0.1, -0.05) is 270 Å². The number of aliphatic hydroxyl groups excluding tert-OH is 11. The van der Waals surface area contributed by atoms with E-state index in [4.69, 9.17) is 28.4 Å². The second kappa shape index (κ2) is 51.0. The van der Waals surface area contributed by atoms with Gasteiger partial charge in [-0.3, -0.25) is 4.79 Å². The van der Waals surface area contributed by atoms with Crippen LogP contribution in [0.15, 0.2) is 12.2 Å². The Hall–Kier alpha value is -1.47. The number of carbonyl (C=O) groups excluding carboxylic acids is 1. The van der Waals surface area contributed by atoms with Crippen molar-refractivity contribution in [3.63, 3.8) is 0 Å². The van der Waals surface area contributed by atoms with E-state index >= 15 is 0 Å². The first kappa shape index (κ1) is 79.8. The molecular formula is C68H129NO18. The van der Waals surface area contributed by atoms with Crippen LogP contribution in [0.2, 0.25) is 0 Å². The minimum absolute atomic E-state index is 0.250. The van der Waals surface area contributed by atoms with Gasteiger partial charge in [0, 0.05) is 6.42 Å². The van der Waals surface area contributed by atoms with E-state index in [0.29, 0.717) is 6.42 Å². The van der Waals surface area contributed by atoms with Gasteiger partial charge in [0.25, 0.3) is 0 Å². The van der Waals surface area contributed by atoms with Gasteiger partial charge in [0.1, 0.15) is 73.2 Å². The number of unbranched alkanes of at least 4 members (excludes halogenated alkanes) is 39. The fourth-order valence-electron chi connectivity index (χ4n) is 12.3. The average molecular weight is 1250 g/mol. The Bertz CT molecular complexity index is 1630. The fraction of sp³-hybridized carbons (Fsp3) is 0.956. The maximum Gasteiger partial charge on any atom is 0.220 e. The summed E-state index contributed by atoms with van der Waals surface area (Å²) in [7, 11) is 0. The molecule has 3 aliphatic rings. The van der Waals surface area contributed by atoms with Gasteiger partial charge in [0.2, 0.25) is 5.91 Å². The maximum atomic E-state index is 13.4. The third kappa shape index (κ3) is 33.3. The van der Waals surface area contributed by atoms with Crippen LogP contribution < -0.4 is 5.32 Å². The summed E-state index contributed by atoms with van der Waals surface area (Å²) >= 11 is 0. The summed E-state index contributed by atoms with van der Waals surface area (Å²) in [6.45, 7) is 1.77. The smallest absolute Gasteiger partial charge is 0.220 e. The first-order valence-electron chi connectivity index (χ1n) is 35.4. The van der Waals surface area contributed by atoms with E-state index in [1.165, 1.54) is 212 Å². The molecule has 0 aliphatic carbocycles.